The van der Waals surface area contributed by atoms with Crippen molar-refractivity contribution in [3.8, 4) is 11.5 Å². The number of benzene rings is 6. The maximum atomic E-state index is 6.15. The van der Waals surface area contributed by atoms with Crippen LogP contribution >= 0.6 is 43.5 Å². The number of aromatic nitrogens is 2. The van der Waals surface area contributed by atoms with E-state index in [1.807, 2.05) is 84.9 Å². The zero-order valence-electron chi connectivity index (χ0n) is 28.0. The van der Waals surface area contributed by atoms with E-state index in [-0.39, 0.29) is 0 Å². The van der Waals surface area contributed by atoms with E-state index in [2.05, 4.69) is 90.7 Å². The van der Waals surface area contributed by atoms with E-state index in [4.69, 9.17) is 31.8 Å². The molecule has 51 heavy (non-hydrogen) atoms. The molecule has 0 aliphatic rings. The summed E-state index contributed by atoms with van der Waals surface area (Å²) in [5.41, 5.74) is 9.62. The fourth-order valence-electron chi connectivity index (χ4n) is 5.64. The van der Waals surface area contributed by atoms with Crippen molar-refractivity contribution in [3.63, 3.8) is 0 Å². The van der Waals surface area contributed by atoms with Crippen molar-refractivity contribution in [1.29, 1.82) is 0 Å². The molecule has 9 heteroatoms. The molecule has 0 spiro atoms. The van der Waals surface area contributed by atoms with Gasteiger partial charge in [-0.15, -0.1) is 0 Å². The van der Waals surface area contributed by atoms with Gasteiger partial charge in [0, 0.05) is 43.6 Å². The highest BCUT2D eigenvalue weighted by Gasteiger charge is 2.09. The second-order valence-electron chi connectivity index (χ2n) is 11.5. The number of hydrogen-bond acceptors (Lipinski definition) is 6. The molecule has 0 bridgehead atoms. The number of pyridine rings is 2. The molecule has 0 amide bonds. The normalized spacial score (nSPS) is 10.7. The van der Waals surface area contributed by atoms with Gasteiger partial charge in [-0.1, -0.05) is 116 Å². The summed E-state index contributed by atoms with van der Waals surface area (Å²) in [6.45, 7) is 1.30. The third-order valence-electron chi connectivity index (χ3n) is 8.29. The van der Waals surface area contributed by atoms with Crippen LogP contribution < -0.4 is 20.5 Å². The zero-order chi connectivity index (χ0) is 35.7. The lowest BCUT2D eigenvalue weighted by Crippen LogP contribution is -2.02. The van der Waals surface area contributed by atoms with E-state index in [0.29, 0.717) is 18.2 Å². The van der Waals surface area contributed by atoms with E-state index in [9.17, 15) is 0 Å². The molecule has 0 saturated carbocycles. The Labute approximate surface area is 318 Å². The first-order valence-corrected chi connectivity index (χ1v) is 18.1. The van der Waals surface area contributed by atoms with Crippen LogP contribution in [0.5, 0.6) is 11.5 Å². The molecular formula is C42H35Br2ClN4O2. The third-order valence-corrected chi connectivity index (χ3v) is 9.57. The van der Waals surface area contributed by atoms with Crippen molar-refractivity contribution in [2.45, 2.75) is 13.1 Å². The highest BCUT2D eigenvalue weighted by Crippen LogP contribution is 2.32. The van der Waals surface area contributed by atoms with Crippen molar-refractivity contribution in [2.24, 2.45) is 5.73 Å². The van der Waals surface area contributed by atoms with Gasteiger partial charge < -0.3 is 20.5 Å². The molecule has 2 heterocycles. The summed E-state index contributed by atoms with van der Waals surface area (Å²) in [5.74, 6) is 2.64. The van der Waals surface area contributed by atoms with Gasteiger partial charge in [0.1, 0.15) is 22.5 Å². The number of nitrogens with one attached hydrogen (secondary N) is 1. The number of fused-ring (bicyclic) bond motifs is 6. The Morgan fingerprint density at radius 2 is 1.04 bits per heavy atom. The lowest BCUT2D eigenvalue weighted by molar-refractivity contribution is 0.414. The first-order chi connectivity index (χ1) is 24.9. The maximum Gasteiger partial charge on any atom is 0.137 e. The summed E-state index contributed by atoms with van der Waals surface area (Å²) < 4.78 is 12.3. The minimum Gasteiger partial charge on any atom is -0.497 e. The number of nitrogens with zero attached hydrogens (tertiary/aromatic N) is 2. The Morgan fingerprint density at radius 1 is 0.569 bits per heavy atom. The molecule has 6 aromatic carbocycles. The van der Waals surface area contributed by atoms with Crippen LogP contribution in [-0.2, 0) is 13.1 Å². The van der Waals surface area contributed by atoms with Crippen molar-refractivity contribution < 1.29 is 9.47 Å². The molecule has 0 saturated heterocycles. The Hall–Kier alpha value is -4.73. The molecule has 2 aromatic heterocycles. The molecular weight excluding hydrogens is 788 g/mol. The van der Waals surface area contributed by atoms with Gasteiger partial charge in [-0.3, -0.25) is 0 Å². The van der Waals surface area contributed by atoms with Crippen LogP contribution in [0, 0.1) is 0 Å². The van der Waals surface area contributed by atoms with Crippen LogP contribution in [0.3, 0.4) is 0 Å². The molecule has 0 aliphatic carbocycles. The lowest BCUT2D eigenvalue weighted by Gasteiger charge is -2.12. The molecule has 8 aromatic rings. The number of halogens is 3. The largest absolute Gasteiger partial charge is 0.497 e. The van der Waals surface area contributed by atoms with Gasteiger partial charge in [-0.25, -0.2) is 9.97 Å². The van der Waals surface area contributed by atoms with Gasteiger partial charge in [0.05, 0.1) is 25.3 Å². The maximum absolute atomic E-state index is 6.15. The monoisotopic (exact) mass is 820 g/mol. The Kier molecular flexibility index (Phi) is 12.0. The highest BCUT2D eigenvalue weighted by atomic mass is 79.9. The Bertz CT molecular complexity index is 2400. The molecule has 8 rings (SSSR count). The van der Waals surface area contributed by atoms with Gasteiger partial charge in [0.25, 0.3) is 0 Å². The predicted molar refractivity (Wildman–Crippen MR) is 220 cm³/mol. The number of rotatable bonds is 6. The first-order valence-electron chi connectivity index (χ1n) is 16.2. The van der Waals surface area contributed by atoms with E-state index >= 15 is 0 Å². The number of hydrogen-bond donors (Lipinski definition) is 2. The second-order valence-corrected chi connectivity index (χ2v) is 13.7. The first kappa shape index (κ1) is 36.1. The molecule has 0 radical (unpaired) electrons. The van der Waals surface area contributed by atoms with E-state index < -0.39 is 0 Å². The van der Waals surface area contributed by atoms with Gasteiger partial charge >= 0.3 is 0 Å². The molecule has 0 aliphatic heterocycles. The average molecular weight is 823 g/mol. The molecule has 6 nitrogen and oxygen atoms in total. The summed E-state index contributed by atoms with van der Waals surface area (Å²) in [6.07, 6.45) is 0. The van der Waals surface area contributed by atoms with Crippen molar-refractivity contribution >= 4 is 92.6 Å². The van der Waals surface area contributed by atoms with Crippen molar-refractivity contribution in [2.75, 3.05) is 19.5 Å². The van der Waals surface area contributed by atoms with Gasteiger partial charge in [0.15, 0.2) is 0 Å². The van der Waals surface area contributed by atoms with Crippen LogP contribution in [-0.4, -0.2) is 24.2 Å². The summed E-state index contributed by atoms with van der Waals surface area (Å²) in [7, 11) is 3.33. The van der Waals surface area contributed by atoms with Crippen molar-refractivity contribution in [3.05, 3.63) is 159 Å². The quantitative estimate of drug-likeness (QED) is 0.128. The van der Waals surface area contributed by atoms with Gasteiger partial charge in [-0.05, 0) is 82.6 Å². The SMILES string of the molecule is COc1ccc(CN)cc1.COc1ccc(CNc2nc3ccc(Br)cc3c3ccccc23)cc1.Clc1nc2ccc(Br)cc2c2ccccc12. The van der Waals surface area contributed by atoms with E-state index in [0.717, 1.165) is 69.8 Å². The van der Waals surface area contributed by atoms with Crippen LogP contribution in [0.1, 0.15) is 11.1 Å². The highest BCUT2D eigenvalue weighted by molar-refractivity contribution is 9.10. The average Bonchev–Trinajstić information content (AvgIpc) is 3.18. The summed E-state index contributed by atoms with van der Waals surface area (Å²) in [6, 6.07) is 44.4. The molecule has 0 fully saturated rings. The smallest absolute Gasteiger partial charge is 0.137 e. The van der Waals surface area contributed by atoms with E-state index in [1.165, 1.54) is 10.9 Å². The fraction of sp³-hybridized carbons (Fsp3) is 0.0952. The molecule has 3 N–H and O–H groups in total. The number of ether oxygens (including phenoxy) is 2. The zero-order valence-corrected chi connectivity index (χ0v) is 32.0. The number of anilines is 1. The van der Waals surface area contributed by atoms with Gasteiger partial charge in [0.2, 0.25) is 0 Å². The van der Waals surface area contributed by atoms with Crippen molar-refractivity contribution in [1.82, 2.24) is 9.97 Å². The van der Waals surface area contributed by atoms with Crippen LogP contribution in [0.15, 0.2) is 142 Å². The molecule has 0 unspecified atom stereocenters. The topological polar surface area (TPSA) is 82.3 Å². The van der Waals surface area contributed by atoms with Crippen LogP contribution in [0.2, 0.25) is 5.15 Å². The minimum atomic E-state index is 0.561. The van der Waals surface area contributed by atoms with Crippen LogP contribution in [0.25, 0.3) is 43.4 Å². The summed E-state index contributed by atoms with van der Waals surface area (Å²) >= 11 is 13.2. The Balaban J connectivity index is 0.000000147. The number of nitrogens with two attached hydrogens (primary N) is 1. The summed E-state index contributed by atoms with van der Waals surface area (Å²) in [5, 5.41) is 10.8. The van der Waals surface area contributed by atoms with E-state index in [1.54, 1.807) is 14.2 Å². The summed E-state index contributed by atoms with van der Waals surface area (Å²) in [4.78, 5) is 9.23. The standard InChI is InChI=1S/C21H17BrN2O.C13H7BrClN.C8H11NO/c1-25-16-9-6-14(7-10-16)13-23-21-18-5-3-2-4-17(18)19-12-15(22)8-11-20(19)24-21;14-8-5-6-12-11(7-8)9-3-1-2-4-10(9)13(15)16-12;1-10-8-4-2-7(6-9)3-5-8/h2-12H,13H2,1H3,(H,23,24);1-7H;2-5H,6,9H2,1H3. The fourth-order valence-corrected chi connectivity index (χ4v) is 6.62. The lowest BCUT2D eigenvalue weighted by atomic mass is 10.1. The predicted octanol–water partition coefficient (Wildman–Crippen LogP) is 11.7. The second kappa shape index (κ2) is 17.0. The minimum absolute atomic E-state index is 0.561. The molecule has 256 valence electrons. The molecule has 0 atom stereocenters. The Morgan fingerprint density at radius 3 is 1.57 bits per heavy atom. The third kappa shape index (κ3) is 8.78. The van der Waals surface area contributed by atoms with Crippen LogP contribution in [0.4, 0.5) is 5.82 Å². The van der Waals surface area contributed by atoms with Gasteiger partial charge in [-0.2, -0.15) is 0 Å². The number of methoxy groups -OCH3 is 2.